The fourth-order valence-corrected chi connectivity index (χ4v) is 3.84. The third kappa shape index (κ3) is 5.90. The van der Waals surface area contributed by atoms with E-state index in [1.54, 1.807) is 37.4 Å². The van der Waals surface area contributed by atoms with Gasteiger partial charge in [-0.05, 0) is 60.7 Å². The highest BCUT2D eigenvalue weighted by atomic mass is 19.1. The molecule has 36 heavy (non-hydrogen) atoms. The van der Waals surface area contributed by atoms with Gasteiger partial charge in [0.15, 0.2) is 0 Å². The van der Waals surface area contributed by atoms with Gasteiger partial charge in [-0.2, -0.15) is 0 Å². The van der Waals surface area contributed by atoms with E-state index in [1.807, 2.05) is 0 Å². The Bertz CT molecular complexity index is 1260. The molecule has 0 saturated heterocycles. The molecule has 0 bridgehead atoms. The quantitative estimate of drug-likeness (QED) is 0.381. The van der Waals surface area contributed by atoms with Crippen molar-refractivity contribution in [3.8, 4) is 17.6 Å². The van der Waals surface area contributed by atoms with Crippen molar-refractivity contribution in [2.45, 2.75) is 37.3 Å². The highest BCUT2D eigenvalue weighted by Gasteiger charge is 2.32. The number of likely N-dealkylation sites (N-methyl/N-ethyl adjacent to an activating group) is 1. The predicted octanol–water partition coefficient (Wildman–Crippen LogP) is 2.89. The third-order valence-corrected chi connectivity index (χ3v) is 6.18. The Labute approximate surface area is 208 Å². The maximum atomic E-state index is 13.1. The van der Waals surface area contributed by atoms with Crippen molar-refractivity contribution in [3.63, 3.8) is 0 Å². The number of ether oxygens (including phenoxy) is 1. The molecule has 4 rings (SSSR count). The summed E-state index contributed by atoms with van der Waals surface area (Å²) < 4.78 is 18.9. The molecule has 1 atom stereocenters. The molecule has 186 valence electrons. The Kier molecular flexibility index (Phi) is 7.36. The Morgan fingerprint density at radius 2 is 2.06 bits per heavy atom. The van der Waals surface area contributed by atoms with Crippen LogP contribution >= 0.6 is 0 Å². The zero-order valence-corrected chi connectivity index (χ0v) is 19.8. The molecule has 1 heterocycles. The summed E-state index contributed by atoms with van der Waals surface area (Å²) in [5.41, 5.74) is 1.50. The monoisotopic (exact) mass is 490 g/mol. The first-order valence-electron chi connectivity index (χ1n) is 11.6. The standard InChI is InChI=1S/C27H27FN4O4/c1-32-23-14-19(9-12-27(35)10-2-11-27)5-8-24(23)36-17-22(25(32)33)31-26(34)30-16-20(15-29)13-18-3-6-21(28)7-4-18/h3-8,14-16,22,29,35H,2,10-11,13,17H2,1H3,(H2,30,31,34)/b20-16-,29-15?/t22-/m0/s1. The van der Waals surface area contributed by atoms with E-state index in [1.165, 1.54) is 23.2 Å². The second-order valence-corrected chi connectivity index (χ2v) is 8.86. The van der Waals surface area contributed by atoms with Gasteiger partial charge >= 0.3 is 6.03 Å². The first-order valence-corrected chi connectivity index (χ1v) is 11.6. The fraction of sp³-hybridized carbons (Fsp3) is 0.296. The molecule has 1 aliphatic carbocycles. The number of nitrogens with zero attached hydrogens (tertiary/aromatic N) is 1. The predicted molar refractivity (Wildman–Crippen MR) is 133 cm³/mol. The number of nitrogens with one attached hydrogen (secondary N) is 3. The minimum Gasteiger partial charge on any atom is -0.489 e. The normalized spacial score (nSPS) is 18.4. The molecule has 1 saturated carbocycles. The van der Waals surface area contributed by atoms with Crippen molar-refractivity contribution in [3.05, 3.63) is 71.2 Å². The number of hydrogen-bond donors (Lipinski definition) is 4. The lowest BCUT2D eigenvalue weighted by Crippen LogP contribution is -2.51. The van der Waals surface area contributed by atoms with Crippen molar-refractivity contribution < 1.29 is 23.8 Å². The molecule has 1 fully saturated rings. The van der Waals surface area contributed by atoms with Crippen LogP contribution in [-0.4, -0.2) is 48.6 Å². The number of aliphatic hydroxyl groups is 1. The van der Waals surface area contributed by atoms with Gasteiger partial charge < -0.3 is 30.8 Å². The smallest absolute Gasteiger partial charge is 0.319 e. The van der Waals surface area contributed by atoms with E-state index in [0.29, 0.717) is 41.8 Å². The lowest BCUT2D eigenvalue weighted by Gasteiger charge is -2.30. The van der Waals surface area contributed by atoms with E-state index in [0.717, 1.165) is 18.2 Å². The topological polar surface area (TPSA) is 115 Å². The van der Waals surface area contributed by atoms with Gasteiger partial charge in [0.25, 0.3) is 5.91 Å². The molecule has 0 spiro atoms. The summed E-state index contributed by atoms with van der Waals surface area (Å²) in [5, 5.41) is 22.9. The summed E-state index contributed by atoms with van der Waals surface area (Å²) in [6.45, 7) is -0.0644. The zero-order chi connectivity index (χ0) is 25.7. The molecule has 2 aromatic carbocycles. The molecule has 2 aromatic rings. The van der Waals surface area contributed by atoms with Gasteiger partial charge in [-0.15, -0.1) is 0 Å². The maximum Gasteiger partial charge on any atom is 0.319 e. The average Bonchev–Trinajstić information content (AvgIpc) is 2.97. The summed E-state index contributed by atoms with van der Waals surface area (Å²) >= 11 is 0. The van der Waals surface area contributed by atoms with Gasteiger partial charge in [0, 0.05) is 31.4 Å². The van der Waals surface area contributed by atoms with Crippen LogP contribution in [0.15, 0.2) is 54.2 Å². The Morgan fingerprint density at radius 3 is 2.72 bits per heavy atom. The van der Waals surface area contributed by atoms with Gasteiger partial charge in [0.1, 0.15) is 29.8 Å². The van der Waals surface area contributed by atoms with E-state index in [9.17, 15) is 19.1 Å². The summed E-state index contributed by atoms with van der Waals surface area (Å²) in [4.78, 5) is 26.9. The van der Waals surface area contributed by atoms with Crippen LogP contribution in [0.25, 0.3) is 0 Å². The Morgan fingerprint density at radius 1 is 1.31 bits per heavy atom. The molecule has 1 aliphatic heterocycles. The number of allylic oxidation sites excluding steroid dienone is 1. The molecule has 2 aliphatic rings. The number of anilines is 1. The third-order valence-electron chi connectivity index (χ3n) is 6.18. The van der Waals surface area contributed by atoms with Crippen LogP contribution in [0.3, 0.4) is 0 Å². The summed E-state index contributed by atoms with van der Waals surface area (Å²) in [7, 11) is 1.59. The second-order valence-electron chi connectivity index (χ2n) is 8.86. The minimum atomic E-state index is -0.943. The van der Waals surface area contributed by atoms with Crippen LogP contribution in [0.5, 0.6) is 5.75 Å². The zero-order valence-electron chi connectivity index (χ0n) is 19.8. The van der Waals surface area contributed by atoms with E-state index >= 15 is 0 Å². The number of carbonyl (C=O) groups is 2. The maximum absolute atomic E-state index is 13.1. The number of amides is 3. The van der Waals surface area contributed by atoms with Crippen molar-refractivity contribution in [1.29, 1.82) is 5.41 Å². The van der Waals surface area contributed by atoms with Gasteiger partial charge in [0.05, 0.1) is 5.69 Å². The van der Waals surface area contributed by atoms with E-state index in [2.05, 4.69) is 22.5 Å². The lowest BCUT2D eigenvalue weighted by atomic mass is 9.81. The highest BCUT2D eigenvalue weighted by molar-refractivity contribution is 6.00. The molecule has 4 N–H and O–H groups in total. The van der Waals surface area contributed by atoms with Crippen LogP contribution in [0, 0.1) is 23.1 Å². The van der Waals surface area contributed by atoms with Crippen molar-refractivity contribution in [1.82, 2.24) is 10.6 Å². The lowest BCUT2D eigenvalue weighted by molar-refractivity contribution is -0.120. The SMILES string of the molecule is CN1C(=O)[C@@H](NC(=O)N/C=C(\C=N)Cc2ccc(F)cc2)COc2ccc(C#CC3(O)CCC3)cc21. The number of halogens is 1. The molecule has 0 unspecified atom stereocenters. The summed E-state index contributed by atoms with van der Waals surface area (Å²) in [6, 6.07) is 9.49. The number of hydrogen-bond acceptors (Lipinski definition) is 5. The van der Waals surface area contributed by atoms with Gasteiger partial charge in [-0.3, -0.25) is 4.79 Å². The number of urea groups is 1. The number of carbonyl (C=O) groups excluding carboxylic acids is 2. The largest absolute Gasteiger partial charge is 0.489 e. The molecule has 9 heteroatoms. The van der Waals surface area contributed by atoms with Crippen molar-refractivity contribution in [2.75, 3.05) is 18.6 Å². The second kappa shape index (κ2) is 10.6. The van der Waals surface area contributed by atoms with Gasteiger partial charge in [0.2, 0.25) is 0 Å². The van der Waals surface area contributed by atoms with Crippen LogP contribution in [-0.2, 0) is 11.2 Å². The van der Waals surface area contributed by atoms with E-state index < -0.39 is 17.7 Å². The fourth-order valence-electron chi connectivity index (χ4n) is 3.84. The Hall–Kier alpha value is -4.16. The van der Waals surface area contributed by atoms with Crippen LogP contribution in [0.4, 0.5) is 14.9 Å². The van der Waals surface area contributed by atoms with E-state index in [4.69, 9.17) is 10.1 Å². The Balaban J connectivity index is 1.39. The number of benzene rings is 2. The van der Waals surface area contributed by atoms with Gasteiger partial charge in [-0.25, -0.2) is 9.18 Å². The summed E-state index contributed by atoms with van der Waals surface area (Å²) in [5.74, 6) is 5.63. The molecule has 8 nitrogen and oxygen atoms in total. The average molecular weight is 491 g/mol. The van der Waals surface area contributed by atoms with Crippen LogP contribution < -0.4 is 20.3 Å². The van der Waals surface area contributed by atoms with Crippen molar-refractivity contribution in [2.24, 2.45) is 0 Å². The van der Waals surface area contributed by atoms with Crippen molar-refractivity contribution >= 4 is 23.8 Å². The molecule has 3 amide bonds. The van der Waals surface area contributed by atoms with E-state index in [-0.39, 0.29) is 18.3 Å². The number of fused-ring (bicyclic) bond motifs is 1. The molecular weight excluding hydrogens is 463 g/mol. The molecule has 0 radical (unpaired) electrons. The number of rotatable bonds is 5. The van der Waals surface area contributed by atoms with Crippen LogP contribution in [0.2, 0.25) is 0 Å². The summed E-state index contributed by atoms with van der Waals surface area (Å²) in [6.07, 6.45) is 5.06. The highest BCUT2D eigenvalue weighted by Crippen LogP contribution is 2.33. The first-order chi connectivity index (χ1) is 17.3. The minimum absolute atomic E-state index is 0.0644. The van der Waals surface area contributed by atoms with Crippen LogP contribution in [0.1, 0.15) is 30.4 Å². The first kappa shape index (κ1) is 24.9. The molecule has 0 aromatic heterocycles. The van der Waals surface area contributed by atoms with Gasteiger partial charge in [-0.1, -0.05) is 24.0 Å². The molecular formula is C27H27FN4O4.